The molecule has 0 aromatic heterocycles. The van der Waals surface area contributed by atoms with Crippen molar-refractivity contribution in [3.05, 3.63) is 22.7 Å². The van der Waals surface area contributed by atoms with Gasteiger partial charge in [-0.25, -0.2) is 4.79 Å². The molecular weight excluding hydrogens is 238 g/mol. The fourth-order valence-electron chi connectivity index (χ4n) is 0.699. The van der Waals surface area contributed by atoms with Crippen molar-refractivity contribution in [2.75, 3.05) is 5.73 Å². The zero-order valence-electron chi connectivity index (χ0n) is 6.91. The van der Waals surface area contributed by atoms with Gasteiger partial charge in [-0.2, -0.15) is 0 Å². The van der Waals surface area contributed by atoms with Gasteiger partial charge in [-0.3, -0.25) is 9.78 Å². The van der Waals surface area contributed by atoms with Gasteiger partial charge in [-0.05, 0) is 18.2 Å². The minimum absolute atomic E-state index is 0.318. The summed E-state index contributed by atoms with van der Waals surface area (Å²) in [6, 6.07) is 4.98. The van der Waals surface area contributed by atoms with E-state index < -0.39 is 5.97 Å². The number of nitrogens with two attached hydrogens (primary N) is 1. The Morgan fingerprint density at radius 3 is 2.77 bits per heavy atom. The van der Waals surface area contributed by atoms with Gasteiger partial charge >= 0.3 is 5.97 Å². The Kier molecular flexibility index (Phi) is 3.13. The van der Waals surface area contributed by atoms with Gasteiger partial charge in [0, 0.05) is 11.4 Å². The first-order chi connectivity index (χ1) is 6.09. The molecule has 1 aromatic carbocycles. The summed E-state index contributed by atoms with van der Waals surface area (Å²) in [5.74, 6) is -0.208. The Bertz CT molecular complexity index is 327. The summed E-state index contributed by atoms with van der Waals surface area (Å²) in [7, 11) is 0. The van der Waals surface area contributed by atoms with E-state index in [1.165, 1.54) is 6.92 Å². The maximum Gasteiger partial charge on any atom is 0.352 e. The summed E-state index contributed by atoms with van der Waals surface area (Å²) in [6.45, 7) is 1.25. The molecule has 5 heteroatoms. The maximum atomic E-state index is 10.4. The van der Waals surface area contributed by atoms with Gasteiger partial charge in [-0.15, -0.1) is 0 Å². The number of nitrogen functional groups attached to an aromatic ring is 1. The van der Waals surface area contributed by atoms with Crippen molar-refractivity contribution in [3.8, 4) is 5.75 Å². The summed E-state index contributed by atoms with van der Waals surface area (Å²) in [4.78, 5) is 19.4. The number of carbonyl (C=O) groups excluding carboxylic acids is 1. The monoisotopic (exact) mass is 245 g/mol. The van der Waals surface area contributed by atoms with Crippen LogP contribution in [-0.2, 0) is 9.68 Å². The van der Waals surface area contributed by atoms with Gasteiger partial charge in [0.25, 0.3) is 0 Å². The summed E-state index contributed by atoms with van der Waals surface area (Å²) in [6.07, 6.45) is 0. The van der Waals surface area contributed by atoms with Crippen LogP contribution in [0.4, 0.5) is 5.69 Å². The van der Waals surface area contributed by atoms with E-state index in [4.69, 9.17) is 5.73 Å². The SMILES string of the molecule is CC(=O)OOc1ccc(Br)cc1N. The lowest BCUT2D eigenvalue weighted by Gasteiger charge is -2.04. The zero-order valence-corrected chi connectivity index (χ0v) is 8.50. The molecule has 0 radical (unpaired) electrons. The van der Waals surface area contributed by atoms with E-state index in [0.717, 1.165) is 4.47 Å². The number of anilines is 1. The smallest absolute Gasteiger partial charge is 0.352 e. The molecule has 13 heavy (non-hydrogen) atoms. The number of benzene rings is 1. The van der Waals surface area contributed by atoms with Crippen molar-refractivity contribution in [1.29, 1.82) is 0 Å². The van der Waals surface area contributed by atoms with E-state index >= 15 is 0 Å². The lowest BCUT2D eigenvalue weighted by molar-refractivity contribution is -0.210. The fourth-order valence-corrected chi connectivity index (χ4v) is 1.08. The van der Waals surface area contributed by atoms with Crippen LogP contribution < -0.4 is 10.6 Å². The van der Waals surface area contributed by atoms with Crippen molar-refractivity contribution in [3.63, 3.8) is 0 Å². The normalized spacial score (nSPS) is 9.38. The van der Waals surface area contributed by atoms with Gasteiger partial charge in [0.15, 0.2) is 0 Å². The molecule has 0 heterocycles. The second-order valence-corrected chi connectivity index (χ2v) is 3.26. The number of hydrogen-bond acceptors (Lipinski definition) is 4. The molecule has 0 aliphatic carbocycles. The Morgan fingerprint density at radius 1 is 1.54 bits per heavy atom. The number of carbonyl (C=O) groups is 1. The molecule has 4 nitrogen and oxygen atoms in total. The first kappa shape index (κ1) is 9.85. The molecule has 0 aliphatic rings. The minimum Gasteiger partial charge on any atom is -0.396 e. The van der Waals surface area contributed by atoms with E-state index in [2.05, 4.69) is 25.7 Å². The van der Waals surface area contributed by atoms with Crippen molar-refractivity contribution >= 4 is 27.6 Å². The molecule has 0 saturated carbocycles. The quantitative estimate of drug-likeness (QED) is 0.491. The standard InChI is InChI=1S/C8H8BrNO3/c1-5(11)12-13-8-3-2-6(9)4-7(8)10/h2-4H,10H2,1H3. The van der Waals surface area contributed by atoms with Crippen molar-refractivity contribution in [1.82, 2.24) is 0 Å². The molecule has 0 saturated heterocycles. The van der Waals surface area contributed by atoms with Gasteiger partial charge in [0.1, 0.15) is 0 Å². The summed E-state index contributed by atoms with van der Waals surface area (Å²) in [5, 5.41) is 0. The van der Waals surface area contributed by atoms with Crippen LogP contribution in [0.25, 0.3) is 0 Å². The van der Waals surface area contributed by atoms with Gasteiger partial charge in [-0.1, -0.05) is 15.9 Å². The van der Waals surface area contributed by atoms with Crippen LogP contribution in [0, 0.1) is 0 Å². The van der Waals surface area contributed by atoms with Gasteiger partial charge in [0.05, 0.1) is 5.69 Å². The average molecular weight is 246 g/mol. The van der Waals surface area contributed by atoms with Gasteiger partial charge in [0.2, 0.25) is 5.75 Å². The predicted molar refractivity (Wildman–Crippen MR) is 50.9 cm³/mol. The van der Waals surface area contributed by atoms with E-state index in [1.807, 2.05) is 0 Å². The molecule has 1 aromatic rings. The van der Waals surface area contributed by atoms with Crippen LogP contribution in [0.15, 0.2) is 22.7 Å². The number of halogens is 1. The van der Waals surface area contributed by atoms with Gasteiger partial charge < -0.3 is 5.73 Å². The Hall–Kier alpha value is -1.23. The highest BCUT2D eigenvalue weighted by atomic mass is 79.9. The van der Waals surface area contributed by atoms with E-state index in [1.54, 1.807) is 18.2 Å². The first-order valence-corrected chi connectivity index (χ1v) is 4.29. The van der Waals surface area contributed by atoms with Crippen LogP contribution >= 0.6 is 15.9 Å². The van der Waals surface area contributed by atoms with Crippen LogP contribution in [0.5, 0.6) is 5.75 Å². The average Bonchev–Trinajstić information content (AvgIpc) is 2.02. The van der Waals surface area contributed by atoms with Crippen molar-refractivity contribution < 1.29 is 14.6 Å². The summed E-state index contributed by atoms with van der Waals surface area (Å²) in [5.41, 5.74) is 5.96. The molecule has 0 amide bonds. The maximum absolute atomic E-state index is 10.4. The van der Waals surface area contributed by atoms with Crippen LogP contribution in [0.2, 0.25) is 0 Å². The third-order valence-corrected chi connectivity index (χ3v) is 1.71. The topological polar surface area (TPSA) is 61.5 Å². The molecule has 2 N–H and O–H groups in total. The molecule has 0 bridgehead atoms. The Morgan fingerprint density at radius 2 is 2.23 bits per heavy atom. The number of hydrogen-bond donors (Lipinski definition) is 1. The van der Waals surface area contributed by atoms with Crippen molar-refractivity contribution in [2.45, 2.75) is 6.92 Å². The second-order valence-electron chi connectivity index (χ2n) is 2.34. The molecule has 1 rings (SSSR count). The highest BCUT2D eigenvalue weighted by molar-refractivity contribution is 9.10. The molecule has 70 valence electrons. The fraction of sp³-hybridized carbons (Fsp3) is 0.125. The highest BCUT2D eigenvalue weighted by Gasteiger charge is 2.03. The molecule has 0 unspecified atom stereocenters. The highest BCUT2D eigenvalue weighted by Crippen LogP contribution is 2.25. The molecule has 0 spiro atoms. The summed E-state index contributed by atoms with van der Waals surface area (Å²) < 4.78 is 0.833. The van der Waals surface area contributed by atoms with Crippen LogP contribution in [-0.4, -0.2) is 5.97 Å². The molecule has 0 atom stereocenters. The predicted octanol–water partition coefficient (Wildman–Crippen LogP) is 1.89. The second kappa shape index (κ2) is 4.13. The summed E-state index contributed by atoms with van der Waals surface area (Å²) >= 11 is 3.23. The van der Waals surface area contributed by atoms with E-state index in [0.29, 0.717) is 11.4 Å². The zero-order chi connectivity index (χ0) is 9.84. The molecule has 0 aliphatic heterocycles. The lowest BCUT2D eigenvalue weighted by atomic mass is 10.3. The Labute approximate surface area is 83.7 Å². The van der Waals surface area contributed by atoms with E-state index in [9.17, 15) is 4.79 Å². The third kappa shape index (κ3) is 2.95. The van der Waals surface area contributed by atoms with Crippen molar-refractivity contribution in [2.24, 2.45) is 0 Å². The Balaban J connectivity index is 2.72. The van der Waals surface area contributed by atoms with Crippen LogP contribution in [0.1, 0.15) is 6.92 Å². The molecule has 0 fully saturated rings. The largest absolute Gasteiger partial charge is 0.396 e. The molecular formula is C8H8BrNO3. The first-order valence-electron chi connectivity index (χ1n) is 3.49. The third-order valence-electron chi connectivity index (χ3n) is 1.22. The minimum atomic E-state index is -0.526. The lowest BCUT2D eigenvalue weighted by Crippen LogP contribution is -2.04. The van der Waals surface area contributed by atoms with E-state index in [-0.39, 0.29) is 0 Å². The van der Waals surface area contributed by atoms with Crippen LogP contribution in [0.3, 0.4) is 0 Å². The number of rotatable bonds is 2.